The van der Waals surface area contributed by atoms with Gasteiger partial charge in [-0.15, -0.1) is 0 Å². The van der Waals surface area contributed by atoms with Crippen LogP contribution < -0.4 is 10.5 Å². The van der Waals surface area contributed by atoms with Crippen LogP contribution in [0.1, 0.15) is 25.5 Å². The van der Waals surface area contributed by atoms with Crippen molar-refractivity contribution in [1.82, 2.24) is 0 Å². The van der Waals surface area contributed by atoms with Gasteiger partial charge in [-0.1, -0.05) is 24.3 Å². The SMILES string of the molecule is C=CC(C)Oc1ccc(Cl)cc1C(C)N. The predicted molar refractivity (Wildman–Crippen MR) is 64.3 cm³/mol. The summed E-state index contributed by atoms with van der Waals surface area (Å²) in [6.07, 6.45) is 1.70. The van der Waals surface area contributed by atoms with Crippen molar-refractivity contribution in [1.29, 1.82) is 0 Å². The molecule has 1 rings (SSSR count). The standard InChI is InChI=1S/C12H16ClNO/c1-4-8(2)15-12-6-5-10(13)7-11(12)9(3)14/h4-9H,1,14H2,2-3H3. The summed E-state index contributed by atoms with van der Waals surface area (Å²) in [6.45, 7) is 7.49. The van der Waals surface area contributed by atoms with Crippen LogP contribution >= 0.6 is 11.6 Å². The first-order chi connectivity index (χ1) is 7.04. The van der Waals surface area contributed by atoms with Crippen molar-refractivity contribution >= 4 is 11.6 Å². The van der Waals surface area contributed by atoms with Crippen molar-refractivity contribution in [2.24, 2.45) is 5.73 Å². The minimum atomic E-state index is -0.101. The van der Waals surface area contributed by atoms with E-state index in [-0.39, 0.29) is 12.1 Å². The number of ether oxygens (including phenoxy) is 1. The van der Waals surface area contributed by atoms with Crippen LogP contribution in [0.3, 0.4) is 0 Å². The Bertz CT molecular complexity index is 349. The highest BCUT2D eigenvalue weighted by Gasteiger charge is 2.10. The van der Waals surface area contributed by atoms with Crippen molar-refractivity contribution in [2.45, 2.75) is 26.0 Å². The van der Waals surface area contributed by atoms with E-state index >= 15 is 0 Å². The van der Waals surface area contributed by atoms with Gasteiger partial charge in [0.1, 0.15) is 11.9 Å². The van der Waals surface area contributed by atoms with Crippen molar-refractivity contribution < 1.29 is 4.74 Å². The Morgan fingerprint density at radius 1 is 1.47 bits per heavy atom. The third-order valence-corrected chi connectivity index (χ3v) is 2.34. The van der Waals surface area contributed by atoms with E-state index in [1.165, 1.54) is 0 Å². The highest BCUT2D eigenvalue weighted by Crippen LogP contribution is 2.28. The molecule has 0 fully saturated rings. The van der Waals surface area contributed by atoms with Gasteiger partial charge in [-0.2, -0.15) is 0 Å². The topological polar surface area (TPSA) is 35.2 Å². The Labute approximate surface area is 95.7 Å². The van der Waals surface area contributed by atoms with Gasteiger partial charge in [-0.3, -0.25) is 0 Å². The largest absolute Gasteiger partial charge is 0.486 e. The van der Waals surface area contributed by atoms with E-state index in [9.17, 15) is 0 Å². The molecule has 1 aromatic rings. The van der Waals surface area contributed by atoms with Gasteiger partial charge in [0.2, 0.25) is 0 Å². The Hall–Kier alpha value is -0.990. The van der Waals surface area contributed by atoms with Gasteiger partial charge in [0, 0.05) is 16.6 Å². The van der Waals surface area contributed by atoms with E-state index in [1.807, 2.05) is 26.0 Å². The molecule has 0 amide bonds. The monoisotopic (exact) mass is 225 g/mol. The zero-order valence-electron chi connectivity index (χ0n) is 9.03. The summed E-state index contributed by atoms with van der Waals surface area (Å²) in [6, 6.07) is 5.35. The van der Waals surface area contributed by atoms with Gasteiger partial charge >= 0.3 is 0 Å². The van der Waals surface area contributed by atoms with Gasteiger partial charge in [0.05, 0.1) is 0 Å². The molecule has 0 aliphatic carbocycles. The van der Waals surface area contributed by atoms with Crippen LogP contribution in [0.25, 0.3) is 0 Å². The second-order valence-electron chi connectivity index (χ2n) is 3.53. The third-order valence-electron chi connectivity index (χ3n) is 2.11. The van der Waals surface area contributed by atoms with Crippen LogP contribution in [0.15, 0.2) is 30.9 Å². The van der Waals surface area contributed by atoms with Crippen molar-refractivity contribution in [3.63, 3.8) is 0 Å². The Morgan fingerprint density at radius 2 is 2.13 bits per heavy atom. The minimum Gasteiger partial charge on any atom is -0.486 e. The summed E-state index contributed by atoms with van der Waals surface area (Å²) in [4.78, 5) is 0. The maximum absolute atomic E-state index is 5.90. The molecule has 0 aromatic heterocycles. The molecule has 0 spiro atoms. The average molecular weight is 226 g/mol. The van der Waals surface area contributed by atoms with Crippen LogP contribution in [0.4, 0.5) is 0 Å². The number of nitrogens with two attached hydrogens (primary N) is 1. The highest BCUT2D eigenvalue weighted by atomic mass is 35.5. The lowest BCUT2D eigenvalue weighted by Crippen LogP contribution is -2.12. The maximum Gasteiger partial charge on any atom is 0.125 e. The van der Waals surface area contributed by atoms with Gasteiger partial charge in [-0.05, 0) is 32.0 Å². The molecular formula is C12H16ClNO. The fourth-order valence-corrected chi connectivity index (χ4v) is 1.41. The molecule has 3 heteroatoms. The van der Waals surface area contributed by atoms with Crippen LogP contribution in [0.2, 0.25) is 5.02 Å². The molecule has 0 aliphatic heterocycles. The summed E-state index contributed by atoms with van der Waals surface area (Å²) in [5.74, 6) is 0.766. The first kappa shape index (κ1) is 12.1. The van der Waals surface area contributed by atoms with E-state index in [0.717, 1.165) is 11.3 Å². The smallest absolute Gasteiger partial charge is 0.125 e. The number of hydrogen-bond donors (Lipinski definition) is 1. The molecule has 2 atom stereocenters. The molecule has 0 radical (unpaired) electrons. The summed E-state index contributed by atoms with van der Waals surface area (Å²) < 4.78 is 5.65. The Kier molecular flexibility index (Phi) is 4.18. The minimum absolute atomic E-state index is 0.0383. The Morgan fingerprint density at radius 3 is 2.67 bits per heavy atom. The van der Waals surface area contributed by atoms with Gasteiger partial charge < -0.3 is 10.5 Å². The predicted octanol–water partition coefficient (Wildman–Crippen LogP) is 3.31. The molecule has 2 nitrogen and oxygen atoms in total. The second-order valence-corrected chi connectivity index (χ2v) is 3.97. The van der Waals surface area contributed by atoms with Gasteiger partial charge in [0.15, 0.2) is 0 Å². The molecule has 0 saturated heterocycles. The summed E-state index contributed by atoms with van der Waals surface area (Å²) >= 11 is 5.90. The maximum atomic E-state index is 5.90. The fraction of sp³-hybridized carbons (Fsp3) is 0.333. The van der Waals surface area contributed by atoms with Gasteiger partial charge in [-0.25, -0.2) is 0 Å². The first-order valence-electron chi connectivity index (χ1n) is 4.89. The van der Waals surface area contributed by atoms with Crippen LogP contribution in [0, 0.1) is 0 Å². The normalized spacial score (nSPS) is 14.4. The first-order valence-corrected chi connectivity index (χ1v) is 5.26. The quantitative estimate of drug-likeness (QED) is 0.798. The second kappa shape index (κ2) is 5.19. The number of halogens is 1. The van der Waals surface area contributed by atoms with Crippen LogP contribution in [-0.2, 0) is 0 Å². The molecule has 1 aromatic carbocycles. The van der Waals surface area contributed by atoms with Crippen LogP contribution in [0.5, 0.6) is 5.75 Å². The summed E-state index contributed by atoms with van der Waals surface area (Å²) in [7, 11) is 0. The molecule has 15 heavy (non-hydrogen) atoms. The number of hydrogen-bond acceptors (Lipinski definition) is 2. The zero-order valence-corrected chi connectivity index (χ0v) is 9.79. The average Bonchev–Trinajstić information content (AvgIpc) is 2.20. The lowest BCUT2D eigenvalue weighted by molar-refractivity contribution is 0.266. The molecule has 0 aliphatic rings. The molecule has 2 N–H and O–H groups in total. The third kappa shape index (κ3) is 3.26. The lowest BCUT2D eigenvalue weighted by Gasteiger charge is -2.16. The molecule has 0 heterocycles. The van der Waals surface area contributed by atoms with E-state index in [2.05, 4.69) is 6.58 Å². The van der Waals surface area contributed by atoms with Gasteiger partial charge in [0.25, 0.3) is 0 Å². The molecule has 0 bridgehead atoms. The van der Waals surface area contributed by atoms with Crippen molar-refractivity contribution in [3.8, 4) is 5.75 Å². The van der Waals surface area contributed by atoms with E-state index in [1.54, 1.807) is 12.1 Å². The van der Waals surface area contributed by atoms with Crippen molar-refractivity contribution in [3.05, 3.63) is 41.4 Å². The number of benzene rings is 1. The summed E-state index contributed by atoms with van der Waals surface area (Å²) in [5, 5.41) is 0.668. The Balaban J connectivity index is 3.00. The molecule has 2 unspecified atom stereocenters. The van der Waals surface area contributed by atoms with Crippen molar-refractivity contribution in [2.75, 3.05) is 0 Å². The molecular weight excluding hydrogens is 210 g/mol. The van der Waals surface area contributed by atoms with E-state index < -0.39 is 0 Å². The van der Waals surface area contributed by atoms with Crippen LogP contribution in [-0.4, -0.2) is 6.10 Å². The summed E-state index contributed by atoms with van der Waals surface area (Å²) in [5.41, 5.74) is 6.75. The lowest BCUT2D eigenvalue weighted by atomic mass is 10.1. The van der Waals surface area contributed by atoms with E-state index in [4.69, 9.17) is 22.1 Å². The number of rotatable bonds is 4. The van der Waals surface area contributed by atoms with E-state index in [0.29, 0.717) is 5.02 Å². The zero-order chi connectivity index (χ0) is 11.4. The highest BCUT2D eigenvalue weighted by molar-refractivity contribution is 6.30. The fourth-order valence-electron chi connectivity index (χ4n) is 1.23. The molecule has 82 valence electrons. The molecule has 0 saturated carbocycles.